The van der Waals surface area contributed by atoms with Crippen LogP contribution in [0.15, 0.2) is 22.3 Å². The lowest BCUT2D eigenvalue weighted by molar-refractivity contribution is -0.138. The monoisotopic (exact) mass is 413 g/mol. The minimum Gasteiger partial charge on any atom is -0.490 e. The molecule has 0 saturated carbocycles. The number of hydrogen-bond donors (Lipinski definition) is 2. The molecule has 1 aromatic carbocycles. The summed E-state index contributed by atoms with van der Waals surface area (Å²) in [6.07, 6.45) is 1.07. The fraction of sp³-hybridized carbons (Fsp3) is 0.312. The fourth-order valence-electron chi connectivity index (χ4n) is 2.06. The molecule has 1 saturated heterocycles. The van der Waals surface area contributed by atoms with Crippen LogP contribution in [0.5, 0.6) is 11.5 Å². The van der Waals surface area contributed by atoms with Crippen molar-refractivity contribution in [3.63, 3.8) is 0 Å². The van der Waals surface area contributed by atoms with E-state index in [1.165, 1.54) is 19.2 Å². The first kappa shape index (κ1) is 20.7. The number of amides is 1. The molecule has 2 rings (SSSR count). The van der Waals surface area contributed by atoms with E-state index in [4.69, 9.17) is 26.2 Å². The Kier molecular flexibility index (Phi) is 7.19. The van der Waals surface area contributed by atoms with Gasteiger partial charge in [-0.1, -0.05) is 23.4 Å². The van der Waals surface area contributed by atoms with Gasteiger partial charge >= 0.3 is 11.9 Å². The van der Waals surface area contributed by atoms with E-state index in [1.807, 2.05) is 0 Å². The molecule has 1 aliphatic rings. The Morgan fingerprint density at radius 2 is 2.19 bits per heavy atom. The lowest BCUT2D eigenvalue weighted by Gasteiger charge is -2.12. The zero-order valence-corrected chi connectivity index (χ0v) is 16.0. The van der Waals surface area contributed by atoms with Gasteiger partial charge in [0, 0.05) is 12.5 Å². The largest absolute Gasteiger partial charge is 0.490 e. The number of benzene rings is 1. The van der Waals surface area contributed by atoms with E-state index in [2.05, 4.69) is 15.5 Å². The number of rotatable bonds is 7. The summed E-state index contributed by atoms with van der Waals surface area (Å²) < 4.78 is 10.5. The van der Waals surface area contributed by atoms with Crippen LogP contribution >= 0.6 is 23.4 Å². The van der Waals surface area contributed by atoms with E-state index in [1.54, 1.807) is 13.0 Å². The number of hydrogen-bond acceptors (Lipinski definition) is 8. The molecule has 1 unspecified atom stereocenters. The minimum atomic E-state index is -1.07. The number of nitrogens with one attached hydrogen (secondary N) is 1. The number of aliphatic carboxylic acids is 1. The van der Waals surface area contributed by atoms with E-state index >= 15 is 0 Å². The van der Waals surface area contributed by atoms with Gasteiger partial charge in [-0.15, -0.1) is 5.10 Å². The molecule has 0 radical (unpaired) electrons. The maximum Gasteiger partial charge on any atom is 0.308 e. The highest BCUT2D eigenvalue weighted by Gasteiger charge is 2.32. The van der Waals surface area contributed by atoms with Crippen LogP contribution in [0, 0.1) is 0 Å². The molecule has 1 fully saturated rings. The molecule has 27 heavy (non-hydrogen) atoms. The maximum atomic E-state index is 11.6. The Labute approximate surface area is 163 Å². The zero-order chi connectivity index (χ0) is 20.0. The molecule has 1 atom stereocenters. The molecule has 0 aromatic heterocycles. The second kappa shape index (κ2) is 9.38. The van der Waals surface area contributed by atoms with Gasteiger partial charge < -0.3 is 19.9 Å². The molecule has 0 aliphatic carbocycles. The second-order valence-corrected chi connectivity index (χ2v) is 6.80. The van der Waals surface area contributed by atoms with E-state index in [0.29, 0.717) is 12.2 Å². The quantitative estimate of drug-likeness (QED) is 0.303. The van der Waals surface area contributed by atoms with Crippen molar-refractivity contribution in [2.45, 2.75) is 25.5 Å². The molecule has 0 bridgehead atoms. The van der Waals surface area contributed by atoms with Crippen molar-refractivity contribution < 1.29 is 29.0 Å². The molecule has 1 amide bonds. The van der Waals surface area contributed by atoms with Gasteiger partial charge in [0.1, 0.15) is 5.25 Å². The summed E-state index contributed by atoms with van der Waals surface area (Å²) >= 11 is 7.13. The van der Waals surface area contributed by atoms with Gasteiger partial charge in [0.05, 0.1) is 24.3 Å². The third-order valence-corrected chi connectivity index (χ3v) is 4.42. The second-order valence-electron chi connectivity index (χ2n) is 5.20. The number of nitrogens with zero attached hydrogens (tertiary/aromatic N) is 2. The van der Waals surface area contributed by atoms with Crippen LogP contribution in [0.25, 0.3) is 0 Å². The number of thioether (sulfide) groups is 1. The molecule has 1 heterocycles. The van der Waals surface area contributed by atoms with Gasteiger partial charge in [-0.3, -0.25) is 14.4 Å². The fourth-order valence-corrected chi connectivity index (χ4v) is 3.23. The topological polar surface area (TPSA) is 127 Å². The predicted octanol–water partition coefficient (Wildman–Crippen LogP) is 2.06. The van der Waals surface area contributed by atoms with Gasteiger partial charge in [-0.05, 0) is 19.1 Å². The number of carboxylic acids is 1. The Morgan fingerprint density at radius 3 is 2.81 bits per heavy atom. The molecule has 2 N–H and O–H groups in total. The maximum absolute atomic E-state index is 11.6. The average Bonchev–Trinajstić information content (AvgIpc) is 2.90. The number of amidine groups is 1. The van der Waals surface area contributed by atoms with E-state index in [-0.39, 0.29) is 28.1 Å². The van der Waals surface area contributed by atoms with E-state index in [0.717, 1.165) is 11.8 Å². The number of esters is 1. The number of carboxylic acid groups (broad SMARTS) is 1. The number of carbonyl (C=O) groups excluding carboxylic acids is 2. The van der Waals surface area contributed by atoms with Gasteiger partial charge in [-0.25, -0.2) is 0 Å². The van der Waals surface area contributed by atoms with Crippen LogP contribution < -0.4 is 14.8 Å². The first-order valence-electron chi connectivity index (χ1n) is 7.75. The Bertz CT molecular complexity index is 827. The highest BCUT2D eigenvalue weighted by atomic mass is 35.5. The van der Waals surface area contributed by atoms with Crippen molar-refractivity contribution in [2.24, 2.45) is 10.2 Å². The van der Waals surface area contributed by atoms with Crippen molar-refractivity contribution >= 4 is 52.6 Å². The van der Waals surface area contributed by atoms with Gasteiger partial charge in [-0.2, -0.15) is 5.10 Å². The lowest BCUT2D eigenvalue weighted by atomic mass is 10.2. The molecule has 11 heteroatoms. The van der Waals surface area contributed by atoms with Crippen LogP contribution in [-0.2, 0) is 14.4 Å². The molecule has 1 aliphatic heterocycles. The summed E-state index contributed by atoms with van der Waals surface area (Å²) in [6.45, 7) is 3.36. The number of carbonyl (C=O) groups is 3. The summed E-state index contributed by atoms with van der Waals surface area (Å²) in [4.78, 5) is 33.5. The van der Waals surface area contributed by atoms with Gasteiger partial charge in [0.2, 0.25) is 5.91 Å². The summed E-state index contributed by atoms with van der Waals surface area (Å²) in [7, 11) is 0. The van der Waals surface area contributed by atoms with Crippen LogP contribution in [0.2, 0.25) is 5.02 Å². The van der Waals surface area contributed by atoms with Crippen molar-refractivity contribution in [1.82, 2.24) is 5.32 Å². The highest BCUT2D eigenvalue weighted by molar-refractivity contribution is 8.15. The van der Waals surface area contributed by atoms with Crippen LogP contribution in [-0.4, -0.2) is 46.2 Å². The molecule has 9 nitrogen and oxygen atoms in total. The van der Waals surface area contributed by atoms with Crippen LogP contribution in [0.4, 0.5) is 0 Å². The lowest BCUT2D eigenvalue weighted by Crippen LogP contribution is -2.26. The first-order valence-corrected chi connectivity index (χ1v) is 9.01. The third kappa shape index (κ3) is 5.97. The molecule has 1 aromatic rings. The third-order valence-electron chi connectivity index (χ3n) is 3.07. The smallest absolute Gasteiger partial charge is 0.308 e. The minimum absolute atomic E-state index is 0.115. The summed E-state index contributed by atoms with van der Waals surface area (Å²) in [5, 5.41) is 18.6. The first-order chi connectivity index (χ1) is 12.8. The Morgan fingerprint density at radius 1 is 1.44 bits per heavy atom. The number of halogens is 1. The summed E-state index contributed by atoms with van der Waals surface area (Å²) in [6, 6.07) is 3.09. The predicted molar refractivity (Wildman–Crippen MR) is 101 cm³/mol. The zero-order valence-electron chi connectivity index (χ0n) is 14.4. The molecule has 0 spiro atoms. The molecular formula is C16H16ClN3O6S. The SMILES string of the molecule is CCOc1cc(C=NN=C2NC(=O)C(CC(=O)O)S2)cc(Cl)c1OC(C)=O. The average molecular weight is 414 g/mol. The van der Waals surface area contributed by atoms with Gasteiger partial charge in [0.25, 0.3) is 0 Å². The van der Waals surface area contributed by atoms with Crippen molar-refractivity contribution in [1.29, 1.82) is 0 Å². The summed E-state index contributed by atoms with van der Waals surface area (Å²) in [5.41, 5.74) is 0.528. The van der Waals surface area contributed by atoms with E-state index < -0.39 is 23.1 Å². The highest BCUT2D eigenvalue weighted by Crippen LogP contribution is 2.36. The molecule has 144 valence electrons. The molecular weight excluding hydrogens is 398 g/mol. The van der Waals surface area contributed by atoms with Crippen LogP contribution in [0.3, 0.4) is 0 Å². The normalized spacial score (nSPS) is 18.0. The van der Waals surface area contributed by atoms with Crippen molar-refractivity contribution in [2.75, 3.05) is 6.61 Å². The van der Waals surface area contributed by atoms with Crippen molar-refractivity contribution in [3.05, 3.63) is 22.7 Å². The standard InChI is InChI=1S/C16H16ClN3O6S/c1-3-25-11-5-9(4-10(17)14(11)26-8(2)21)7-18-20-16-19-15(24)12(27-16)6-13(22)23/h4-5,7,12H,3,6H2,1-2H3,(H,22,23)(H,19,20,24). The Balaban J connectivity index is 2.16. The number of ether oxygens (including phenoxy) is 2. The van der Waals surface area contributed by atoms with Crippen LogP contribution in [0.1, 0.15) is 25.8 Å². The van der Waals surface area contributed by atoms with Crippen molar-refractivity contribution in [3.8, 4) is 11.5 Å². The van der Waals surface area contributed by atoms with E-state index in [9.17, 15) is 14.4 Å². The summed E-state index contributed by atoms with van der Waals surface area (Å²) in [5.74, 6) is -1.64. The van der Waals surface area contributed by atoms with Gasteiger partial charge in [0.15, 0.2) is 16.7 Å². The Hall–Kier alpha value is -2.59.